The molecule has 0 aliphatic heterocycles. The van der Waals surface area contributed by atoms with Gasteiger partial charge in [-0.3, -0.25) is 0 Å². The first-order chi connectivity index (χ1) is 5.52. The maximum Gasteiger partial charge on any atom is 0.401 e. The average Bonchev–Trinajstić information content (AvgIpc) is 2.04. The zero-order chi connectivity index (χ0) is 9.24. The lowest BCUT2D eigenvalue weighted by Crippen LogP contribution is -2.41. The molecule has 1 aliphatic rings. The Labute approximate surface area is 68.9 Å². The first kappa shape index (κ1) is 9.55. The smallest absolute Gasteiger partial charge is 0.302 e. The van der Waals surface area contributed by atoms with Gasteiger partial charge in [-0.15, -0.1) is 0 Å². The van der Waals surface area contributed by atoms with Crippen molar-refractivity contribution >= 4 is 6.29 Å². The lowest BCUT2D eigenvalue weighted by atomic mass is 9.75. The topological polar surface area (TPSA) is 17.1 Å². The summed E-state index contributed by atoms with van der Waals surface area (Å²) in [4.78, 5) is 10.4. The summed E-state index contributed by atoms with van der Waals surface area (Å²) < 4.78 is 37.1. The molecule has 12 heavy (non-hydrogen) atoms. The lowest BCUT2D eigenvalue weighted by Gasteiger charge is -2.33. The molecule has 0 spiro atoms. The van der Waals surface area contributed by atoms with Crippen LogP contribution in [0.3, 0.4) is 0 Å². The van der Waals surface area contributed by atoms with E-state index in [1.807, 2.05) is 0 Å². The van der Waals surface area contributed by atoms with Crippen LogP contribution in [0.2, 0.25) is 0 Å². The molecule has 0 aromatic heterocycles. The van der Waals surface area contributed by atoms with Crippen LogP contribution in [-0.2, 0) is 4.79 Å². The number of alkyl halides is 3. The molecular weight excluding hydrogens is 169 g/mol. The molecule has 1 saturated carbocycles. The molecule has 0 unspecified atom stereocenters. The van der Waals surface area contributed by atoms with Gasteiger partial charge in [-0.1, -0.05) is 19.3 Å². The van der Waals surface area contributed by atoms with E-state index in [1.165, 1.54) is 0 Å². The summed E-state index contributed by atoms with van der Waals surface area (Å²) in [5.74, 6) is 0. The molecule has 4 heteroatoms. The summed E-state index contributed by atoms with van der Waals surface area (Å²) in [6, 6.07) is 0. The van der Waals surface area contributed by atoms with E-state index in [0.29, 0.717) is 12.8 Å². The second kappa shape index (κ2) is 3.07. The normalized spacial score (nSPS) is 23.6. The Hall–Kier alpha value is -0.540. The molecule has 0 heterocycles. The summed E-state index contributed by atoms with van der Waals surface area (Å²) in [6.45, 7) is 0. The Morgan fingerprint density at radius 1 is 1.08 bits per heavy atom. The monoisotopic (exact) mass is 180 g/mol. The maximum atomic E-state index is 12.4. The fourth-order valence-corrected chi connectivity index (χ4v) is 1.65. The van der Waals surface area contributed by atoms with E-state index in [1.54, 1.807) is 0 Å². The molecular formula is C8H11F3O. The van der Waals surface area contributed by atoms with Crippen LogP contribution in [0.15, 0.2) is 0 Å². The number of hydrogen-bond donors (Lipinski definition) is 0. The third-order valence-corrected chi connectivity index (χ3v) is 2.54. The third kappa shape index (κ3) is 1.47. The Balaban J connectivity index is 2.80. The van der Waals surface area contributed by atoms with Crippen LogP contribution in [0.5, 0.6) is 0 Å². The molecule has 0 atom stereocenters. The number of aldehydes is 1. The van der Waals surface area contributed by atoms with Crippen molar-refractivity contribution in [1.82, 2.24) is 0 Å². The van der Waals surface area contributed by atoms with Crippen LogP contribution in [0.4, 0.5) is 13.2 Å². The highest BCUT2D eigenvalue weighted by atomic mass is 19.4. The van der Waals surface area contributed by atoms with Gasteiger partial charge in [0.05, 0.1) is 0 Å². The summed E-state index contributed by atoms with van der Waals surface area (Å²) >= 11 is 0. The molecule has 0 saturated heterocycles. The Morgan fingerprint density at radius 3 is 1.83 bits per heavy atom. The van der Waals surface area contributed by atoms with E-state index < -0.39 is 11.6 Å². The van der Waals surface area contributed by atoms with E-state index in [2.05, 4.69) is 0 Å². The van der Waals surface area contributed by atoms with Crippen molar-refractivity contribution in [2.24, 2.45) is 5.41 Å². The van der Waals surface area contributed by atoms with Gasteiger partial charge >= 0.3 is 6.18 Å². The minimum atomic E-state index is -4.35. The van der Waals surface area contributed by atoms with Gasteiger partial charge < -0.3 is 4.79 Å². The largest absolute Gasteiger partial charge is 0.401 e. The maximum absolute atomic E-state index is 12.4. The van der Waals surface area contributed by atoms with Crippen LogP contribution in [0.1, 0.15) is 32.1 Å². The average molecular weight is 180 g/mol. The molecule has 0 amide bonds. The summed E-state index contributed by atoms with van der Waals surface area (Å²) in [5.41, 5.74) is -2.02. The third-order valence-electron chi connectivity index (χ3n) is 2.54. The summed E-state index contributed by atoms with van der Waals surface area (Å²) in [6.07, 6.45) is -2.48. The molecule has 0 N–H and O–H groups in total. The van der Waals surface area contributed by atoms with Crippen LogP contribution >= 0.6 is 0 Å². The van der Waals surface area contributed by atoms with Crippen molar-refractivity contribution in [2.45, 2.75) is 38.3 Å². The molecule has 1 rings (SSSR count). The summed E-state index contributed by atoms with van der Waals surface area (Å²) in [7, 11) is 0. The predicted octanol–water partition coefficient (Wildman–Crippen LogP) is 2.70. The van der Waals surface area contributed by atoms with E-state index in [4.69, 9.17) is 0 Å². The molecule has 1 nitrogen and oxygen atoms in total. The minimum Gasteiger partial charge on any atom is -0.302 e. The highest BCUT2D eigenvalue weighted by molar-refractivity contribution is 5.61. The Kier molecular flexibility index (Phi) is 2.44. The standard InChI is InChI=1S/C8H11F3O/c9-8(10,11)7(6-12)4-2-1-3-5-7/h6H,1-5H2. The highest BCUT2D eigenvalue weighted by Gasteiger charge is 2.54. The van der Waals surface area contributed by atoms with Crippen molar-refractivity contribution in [2.75, 3.05) is 0 Å². The van der Waals surface area contributed by atoms with Crippen LogP contribution in [0.25, 0.3) is 0 Å². The Morgan fingerprint density at radius 2 is 1.58 bits per heavy atom. The van der Waals surface area contributed by atoms with Crippen LogP contribution < -0.4 is 0 Å². The van der Waals surface area contributed by atoms with E-state index in [-0.39, 0.29) is 19.1 Å². The minimum absolute atomic E-state index is 0.0278. The van der Waals surface area contributed by atoms with Gasteiger partial charge in [0, 0.05) is 0 Å². The molecule has 0 radical (unpaired) electrons. The zero-order valence-electron chi connectivity index (χ0n) is 6.66. The van der Waals surface area contributed by atoms with E-state index >= 15 is 0 Å². The second-order valence-corrected chi connectivity index (χ2v) is 3.33. The molecule has 70 valence electrons. The van der Waals surface area contributed by atoms with Crippen molar-refractivity contribution in [3.8, 4) is 0 Å². The lowest BCUT2D eigenvalue weighted by molar-refractivity contribution is -0.222. The van der Waals surface area contributed by atoms with Crippen LogP contribution in [0, 0.1) is 5.41 Å². The Bertz CT molecular complexity index is 168. The number of hydrogen-bond acceptors (Lipinski definition) is 1. The van der Waals surface area contributed by atoms with Gasteiger partial charge in [-0.25, -0.2) is 0 Å². The van der Waals surface area contributed by atoms with E-state index in [0.717, 1.165) is 6.42 Å². The molecule has 1 fully saturated rings. The number of carbonyl (C=O) groups excluding carboxylic acids is 1. The van der Waals surface area contributed by atoms with Crippen molar-refractivity contribution in [1.29, 1.82) is 0 Å². The van der Waals surface area contributed by atoms with Gasteiger partial charge in [0.1, 0.15) is 11.7 Å². The highest BCUT2D eigenvalue weighted by Crippen LogP contribution is 2.47. The molecule has 0 bridgehead atoms. The van der Waals surface area contributed by atoms with E-state index in [9.17, 15) is 18.0 Å². The number of rotatable bonds is 1. The first-order valence-corrected chi connectivity index (χ1v) is 4.05. The molecule has 0 aromatic rings. The molecule has 0 aromatic carbocycles. The van der Waals surface area contributed by atoms with Crippen molar-refractivity contribution in [3.05, 3.63) is 0 Å². The van der Waals surface area contributed by atoms with Crippen molar-refractivity contribution in [3.63, 3.8) is 0 Å². The molecule has 1 aliphatic carbocycles. The van der Waals surface area contributed by atoms with Gasteiger partial charge in [-0.05, 0) is 12.8 Å². The second-order valence-electron chi connectivity index (χ2n) is 3.33. The van der Waals surface area contributed by atoms with Gasteiger partial charge in [0.2, 0.25) is 0 Å². The van der Waals surface area contributed by atoms with Crippen LogP contribution in [-0.4, -0.2) is 12.5 Å². The first-order valence-electron chi connectivity index (χ1n) is 4.05. The predicted molar refractivity (Wildman–Crippen MR) is 37.6 cm³/mol. The zero-order valence-corrected chi connectivity index (χ0v) is 6.66. The van der Waals surface area contributed by atoms with Gasteiger partial charge in [-0.2, -0.15) is 13.2 Å². The number of halogens is 3. The SMILES string of the molecule is O=CC1(C(F)(F)F)CCCCC1. The van der Waals surface area contributed by atoms with Gasteiger partial charge in [0.25, 0.3) is 0 Å². The van der Waals surface area contributed by atoms with Crippen molar-refractivity contribution < 1.29 is 18.0 Å². The van der Waals surface area contributed by atoms with Gasteiger partial charge in [0.15, 0.2) is 0 Å². The number of carbonyl (C=O) groups is 1. The summed E-state index contributed by atoms with van der Waals surface area (Å²) in [5, 5.41) is 0. The fraction of sp³-hybridized carbons (Fsp3) is 0.875. The quantitative estimate of drug-likeness (QED) is 0.567. The fourth-order valence-electron chi connectivity index (χ4n) is 1.65.